The highest BCUT2D eigenvalue weighted by molar-refractivity contribution is 5.96. The molecule has 1 aliphatic heterocycles. The minimum atomic E-state index is -0.369. The first-order valence-corrected chi connectivity index (χ1v) is 8.68. The maximum Gasteiger partial charge on any atom is 0.257 e. The summed E-state index contributed by atoms with van der Waals surface area (Å²) in [4.78, 5) is 20.4. The summed E-state index contributed by atoms with van der Waals surface area (Å²) in [6.07, 6.45) is 0.273. The van der Waals surface area contributed by atoms with Crippen molar-refractivity contribution in [1.29, 1.82) is 0 Å². The highest BCUT2D eigenvalue weighted by Crippen LogP contribution is 2.32. The first-order chi connectivity index (χ1) is 13.0. The molecule has 2 aromatic carbocycles. The number of anilines is 2. The predicted molar refractivity (Wildman–Crippen MR) is 100 cm³/mol. The van der Waals surface area contributed by atoms with Gasteiger partial charge in [-0.25, -0.2) is 4.39 Å². The maximum absolute atomic E-state index is 13.5. The Labute approximate surface area is 156 Å². The van der Waals surface area contributed by atoms with Gasteiger partial charge < -0.3 is 14.3 Å². The van der Waals surface area contributed by atoms with E-state index in [4.69, 9.17) is 4.52 Å². The zero-order valence-electron chi connectivity index (χ0n) is 15.1. The fourth-order valence-corrected chi connectivity index (χ4v) is 3.19. The molecule has 0 aliphatic carbocycles. The van der Waals surface area contributed by atoms with Gasteiger partial charge in [0, 0.05) is 49.9 Å². The van der Waals surface area contributed by atoms with Gasteiger partial charge in [0.2, 0.25) is 5.91 Å². The number of aromatic nitrogens is 2. The van der Waals surface area contributed by atoms with E-state index in [1.54, 1.807) is 17.0 Å². The molecule has 4 rings (SSSR count). The summed E-state index contributed by atoms with van der Waals surface area (Å²) in [5.74, 6) is 0.291. The molecule has 0 bridgehead atoms. The van der Waals surface area contributed by atoms with Crippen molar-refractivity contribution in [3.05, 3.63) is 60.2 Å². The van der Waals surface area contributed by atoms with Gasteiger partial charge in [0.15, 0.2) is 5.82 Å². The van der Waals surface area contributed by atoms with Crippen molar-refractivity contribution in [2.75, 3.05) is 30.4 Å². The molecule has 0 N–H and O–H groups in total. The molecule has 1 unspecified atom stereocenters. The minimum Gasteiger partial charge on any atom is -0.378 e. The highest BCUT2D eigenvalue weighted by Gasteiger charge is 2.34. The predicted octanol–water partition coefficient (Wildman–Crippen LogP) is 3.46. The molecule has 1 amide bonds. The van der Waals surface area contributed by atoms with Crippen LogP contribution in [0.1, 0.15) is 18.2 Å². The first-order valence-electron chi connectivity index (χ1n) is 8.68. The van der Waals surface area contributed by atoms with Crippen LogP contribution in [-0.2, 0) is 4.79 Å². The second-order valence-electron chi connectivity index (χ2n) is 6.78. The third-order valence-electron chi connectivity index (χ3n) is 4.68. The molecule has 0 saturated carbocycles. The molecular formula is C20H19FN4O2. The van der Waals surface area contributed by atoms with Crippen molar-refractivity contribution < 1.29 is 13.7 Å². The molecule has 0 radical (unpaired) electrons. The Morgan fingerprint density at radius 1 is 1.19 bits per heavy atom. The van der Waals surface area contributed by atoms with Crippen LogP contribution in [0.2, 0.25) is 0 Å². The number of halogens is 1. The first kappa shape index (κ1) is 17.2. The average Bonchev–Trinajstić information content (AvgIpc) is 3.28. The molecule has 1 aliphatic rings. The van der Waals surface area contributed by atoms with E-state index in [2.05, 4.69) is 10.1 Å². The van der Waals surface area contributed by atoms with Crippen LogP contribution >= 0.6 is 0 Å². The van der Waals surface area contributed by atoms with E-state index in [-0.39, 0.29) is 24.1 Å². The average molecular weight is 366 g/mol. The van der Waals surface area contributed by atoms with Crippen LogP contribution in [0.4, 0.5) is 15.8 Å². The second-order valence-corrected chi connectivity index (χ2v) is 6.78. The van der Waals surface area contributed by atoms with Gasteiger partial charge in [-0.15, -0.1) is 0 Å². The summed E-state index contributed by atoms with van der Waals surface area (Å²) in [7, 11) is 3.95. The molecule has 1 aromatic heterocycles. The molecule has 6 nitrogen and oxygen atoms in total. The van der Waals surface area contributed by atoms with Crippen molar-refractivity contribution in [3.63, 3.8) is 0 Å². The highest BCUT2D eigenvalue weighted by atomic mass is 19.1. The van der Waals surface area contributed by atoms with Crippen molar-refractivity contribution in [3.8, 4) is 11.5 Å². The number of carbonyl (C=O) groups excluding carboxylic acids is 1. The van der Waals surface area contributed by atoms with Crippen LogP contribution in [-0.4, -0.2) is 36.7 Å². The Balaban J connectivity index is 1.53. The Kier molecular flexibility index (Phi) is 4.35. The lowest BCUT2D eigenvalue weighted by atomic mass is 10.1. The molecule has 138 valence electrons. The number of rotatable bonds is 4. The van der Waals surface area contributed by atoms with Gasteiger partial charge in [0.05, 0.1) is 0 Å². The van der Waals surface area contributed by atoms with Crippen LogP contribution in [0.3, 0.4) is 0 Å². The van der Waals surface area contributed by atoms with E-state index in [9.17, 15) is 9.18 Å². The number of carbonyl (C=O) groups is 1. The standard InChI is InChI=1S/C20H19FN4O2/c1-24(2)16-8-6-13(7-9-16)20-22-19(23-27-20)14-10-18(26)25(12-14)17-5-3-4-15(21)11-17/h3-9,11,14H,10,12H2,1-2H3. The molecule has 1 saturated heterocycles. The van der Waals surface area contributed by atoms with E-state index in [0.29, 0.717) is 23.9 Å². The second kappa shape index (κ2) is 6.83. The van der Waals surface area contributed by atoms with Crippen molar-refractivity contribution >= 4 is 17.3 Å². The maximum atomic E-state index is 13.5. The Hall–Kier alpha value is -3.22. The van der Waals surface area contributed by atoms with Crippen LogP contribution < -0.4 is 9.80 Å². The van der Waals surface area contributed by atoms with Crippen molar-refractivity contribution in [1.82, 2.24) is 10.1 Å². The van der Waals surface area contributed by atoms with Gasteiger partial charge in [0.25, 0.3) is 5.89 Å². The summed E-state index contributed by atoms with van der Waals surface area (Å²) in [5.41, 5.74) is 2.45. The van der Waals surface area contributed by atoms with Crippen molar-refractivity contribution in [2.45, 2.75) is 12.3 Å². The van der Waals surface area contributed by atoms with Gasteiger partial charge >= 0.3 is 0 Å². The van der Waals surface area contributed by atoms with Gasteiger partial charge in [0.1, 0.15) is 5.82 Å². The van der Waals surface area contributed by atoms with Gasteiger partial charge in [-0.05, 0) is 42.5 Å². The topological polar surface area (TPSA) is 62.5 Å². The summed E-state index contributed by atoms with van der Waals surface area (Å²) in [6.45, 7) is 0.404. The van der Waals surface area contributed by atoms with Crippen LogP contribution in [0, 0.1) is 5.82 Å². The lowest BCUT2D eigenvalue weighted by Gasteiger charge is -2.15. The van der Waals surface area contributed by atoms with E-state index < -0.39 is 0 Å². The van der Waals surface area contributed by atoms with Gasteiger partial charge in [-0.3, -0.25) is 4.79 Å². The minimum absolute atomic E-state index is 0.0766. The number of hydrogen-bond donors (Lipinski definition) is 0. The third kappa shape index (κ3) is 3.40. The van der Waals surface area contributed by atoms with Gasteiger partial charge in [-0.1, -0.05) is 11.2 Å². The fourth-order valence-electron chi connectivity index (χ4n) is 3.19. The van der Waals surface area contributed by atoms with E-state index in [1.807, 2.05) is 43.3 Å². The zero-order valence-corrected chi connectivity index (χ0v) is 15.1. The molecule has 1 fully saturated rings. The fraction of sp³-hybridized carbons (Fsp3) is 0.250. The van der Waals surface area contributed by atoms with Crippen LogP contribution in [0.15, 0.2) is 53.1 Å². The Morgan fingerprint density at radius 2 is 1.96 bits per heavy atom. The largest absolute Gasteiger partial charge is 0.378 e. The molecule has 3 aromatic rings. The number of nitrogens with zero attached hydrogens (tertiary/aromatic N) is 4. The summed E-state index contributed by atoms with van der Waals surface area (Å²) < 4.78 is 18.9. The monoisotopic (exact) mass is 366 g/mol. The smallest absolute Gasteiger partial charge is 0.257 e. The molecule has 27 heavy (non-hydrogen) atoms. The third-order valence-corrected chi connectivity index (χ3v) is 4.68. The Bertz CT molecular complexity index is 968. The zero-order chi connectivity index (χ0) is 19.0. The van der Waals surface area contributed by atoms with Crippen LogP contribution in [0.25, 0.3) is 11.5 Å². The molecule has 1 atom stereocenters. The normalized spacial score (nSPS) is 16.8. The van der Waals surface area contributed by atoms with E-state index in [0.717, 1.165) is 11.3 Å². The SMILES string of the molecule is CN(C)c1ccc(-c2nc(C3CC(=O)N(c4cccc(F)c4)C3)no2)cc1. The van der Waals surface area contributed by atoms with Gasteiger partial charge in [-0.2, -0.15) is 4.98 Å². The summed E-state index contributed by atoms with van der Waals surface area (Å²) in [5, 5.41) is 4.06. The number of benzene rings is 2. The molecule has 2 heterocycles. The van der Waals surface area contributed by atoms with Crippen LogP contribution in [0.5, 0.6) is 0 Å². The molecule has 7 heteroatoms. The Morgan fingerprint density at radius 3 is 2.67 bits per heavy atom. The lowest BCUT2D eigenvalue weighted by molar-refractivity contribution is -0.117. The summed E-state index contributed by atoms with van der Waals surface area (Å²) in [6, 6.07) is 13.8. The van der Waals surface area contributed by atoms with E-state index >= 15 is 0 Å². The molecular weight excluding hydrogens is 347 g/mol. The van der Waals surface area contributed by atoms with Crippen molar-refractivity contribution in [2.24, 2.45) is 0 Å². The lowest BCUT2D eigenvalue weighted by Crippen LogP contribution is -2.24. The van der Waals surface area contributed by atoms with E-state index in [1.165, 1.54) is 12.1 Å². The number of amides is 1. The molecule has 0 spiro atoms. The summed E-state index contributed by atoms with van der Waals surface area (Å²) >= 11 is 0. The number of hydrogen-bond acceptors (Lipinski definition) is 5. The quantitative estimate of drug-likeness (QED) is 0.708.